The zero-order chi connectivity index (χ0) is 18.8. The molecule has 1 fully saturated rings. The molecule has 2 aromatic heterocycles. The summed E-state index contributed by atoms with van der Waals surface area (Å²) in [5.74, 6) is 0.989. The van der Waals surface area contributed by atoms with Gasteiger partial charge in [0, 0.05) is 31.0 Å². The van der Waals surface area contributed by atoms with E-state index in [1.54, 1.807) is 0 Å². The summed E-state index contributed by atoms with van der Waals surface area (Å²) in [7, 11) is 0. The van der Waals surface area contributed by atoms with Gasteiger partial charge < -0.3 is 14.8 Å². The van der Waals surface area contributed by atoms with Crippen LogP contribution in [0.2, 0.25) is 0 Å². The zero-order valence-electron chi connectivity index (χ0n) is 15.9. The van der Waals surface area contributed by atoms with E-state index in [-0.39, 0.29) is 6.03 Å². The molecule has 6 heteroatoms. The summed E-state index contributed by atoms with van der Waals surface area (Å²) in [5, 5.41) is 3.01. The van der Waals surface area contributed by atoms with Crippen molar-refractivity contribution in [2.75, 3.05) is 18.4 Å². The van der Waals surface area contributed by atoms with Gasteiger partial charge in [0.05, 0.1) is 0 Å². The van der Waals surface area contributed by atoms with Gasteiger partial charge in [-0.2, -0.15) is 0 Å². The minimum Gasteiger partial charge on any atom is -0.324 e. The predicted octanol–water partition coefficient (Wildman–Crippen LogP) is 4.17. The third-order valence-corrected chi connectivity index (χ3v) is 5.36. The molecule has 0 bridgehead atoms. The van der Waals surface area contributed by atoms with Crippen LogP contribution >= 0.6 is 0 Å². The summed E-state index contributed by atoms with van der Waals surface area (Å²) in [6, 6.07) is 12.3. The van der Waals surface area contributed by atoms with E-state index in [1.807, 2.05) is 42.3 Å². The first-order chi connectivity index (χ1) is 13.2. The van der Waals surface area contributed by atoms with Gasteiger partial charge in [-0.15, -0.1) is 0 Å². The van der Waals surface area contributed by atoms with Crippen molar-refractivity contribution in [1.29, 1.82) is 0 Å². The number of carbonyl (C=O) groups excluding carboxylic acids is 1. The van der Waals surface area contributed by atoms with Crippen molar-refractivity contribution >= 4 is 22.9 Å². The number of hydrogen-bond acceptors (Lipinski definition) is 3. The molecule has 1 saturated heterocycles. The van der Waals surface area contributed by atoms with E-state index in [0.717, 1.165) is 55.0 Å². The average Bonchev–Trinajstić information content (AvgIpc) is 3.04. The largest absolute Gasteiger partial charge is 0.324 e. The second kappa shape index (κ2) is 7.39. The number of fused-ring (bicyclic) bond motifs is 1. The first-order valence-electron chi connectivity index (χ1n) is 9.60. The van der Waals surface area contributed by atoms with Crippen LogP contribution in [-0.2, 0) is 6.42 Å². The fourth-order valence-electron chi connectivity index (χ4n) is 3.83. The molecule has 0 aliphatic carbocycles. The molecule has 0 radical (unpaired) electrons. The predicted molar refractivity (Wildman–Crippen MR) is 107 cm³/mol. The van der Waals surface area contributed by atoms with Gasteiger partial charge in [0.25, 0.3) is 0 Å². The number of rotatable bonds is 3. The molecular formula is C21H25N5O. The molecule has 1 aliphatic heterocycles. The summed E-state index contributed by atoms with van der Waals surface area (Å²) in [4.78, 5) is 23.6. The van der Waals surface area contributed by atoms with Crippen LogP contribution in [0, 0.1) is 6.92 Å². The number of nitrogens with zero attached hydrogens (tertiary/aromatic N) is 4. The normalized spacial score (nSPS) is 15.3. The Morgan fingerprint density at radius 2 is 1.93 bits per heavy atom. The number of urea groups is 1. The average molecular weight is 363 g/mol. The van der Waals surface area contributed by atoms with Crippen LogP contribution < -0.4 is 5.32 Å². The maximum atomic E-state index is 12.6. The van der Waals surface area contributed by atoms with Gasteiger partial charge in [0.1, 0.15) is 11.3 Å². The molecule has 0 atom stereocenters. The second-order valence-electron chi connectivity index (χ2n) is 7.07. The van der Waals surface area contributed by atoms with Gasteiger partial charge in [-0.25, -0.2) is 14.8 Å². The monoisotopic (exact) mass is 363 g/mol. The minimum absolute atomic E-state index is 0.0250. The Bertz CT molecular complexity index is 939. The summed E-state index contributed by atoms with van der Waals surface area (Å²) in [5.41, 5.74) is 3.99. The number of pyridine rings is 1. The number of nitrogens with one attached hydrogen (secondary N) is 1. The molecule has 27 heavy (non-hydrogen) atoms. The van der Waals surface area contributed by atoms with Crippen molar-refractivity contribution in [2.45, 2.75) is 39.2 Å². The van der Waals surface area contributed by atoms with Crippen LogP contribution in [0.5, 0.6) is 0 Å². The molecule has 3 aromatic rings. The van der Waals surface area contributed by atoms with Crippen LogP contribution in [0.1, 0.15) is 37.2 Å². The zero-order valence-corrected chi connectivity index (χ0v) is 15.9. The van der Waals surface area contributed by atoms with Crippen LogP contribution in [-0.4, -0.2) is 38.6 Å². The molecule has 2 amide bonds. The van der Waals surface area contributed by atoms with Crippen molar-refractivity contribution in [3.8, 4) is 0 Å². The van der Waals surface area contributed by atoms with Crippen LogP contribution in [0.3, 0.4) is 0 Å². The van der Waals surface area contributed by atoms with Crippen molar-refractivity contribution in [1.82, 2.24) is 19.4 Å². The maximum Gasteiger partial charge on any atom is 0.321 e. The van der Waals surface area contributed by atoms with E-state index in [0.29, 0.717) is 6.04 Å². The van der Waals surface area contributed by atoms with E-state index in [2.05, 4.69) is 38.9 Å². The van der Waals surface area contributed by atoms with Crippen LogP contribution in [0.15, 0.2) is 42.6 Å². The highest BCUT2D eigenvalue weighted by atomic mass is 16.2. The van der Waals surface area contributed by atoms with Gasteiger partial charge in [-0.1, -0.05) is 19.1 Å². The Morgan fingerprint density at radius 1 is 1.19 bits per heavy atom. The first-order valence-corrected chi connectivity index (χ1v) is 9.60. The second-order valence-corrected chi connectivity index (χ2v) is 7.07. The Morgan fingerprint density at radius 3 is 2.63 bits per heavy atom. The molecule has 0 saturated carbocycles. The molecule has 140 valence electrons. The standard InChI is InChI=1S/C21H25N5O/c1-3-16-6-8-17(9-7-16)24-21(27)25-13-10-18(11-14-25)26-15(2)23-19-5-4-12-22-20(19)26/h4-9,12,18H,3,10-11,13-14H2,1-2H3,(H,24,27). The number of aryl methyl sites for hydroxylation is 2. The highest BCUT2D eigenvalue weighted by Crippen LogP contribution is 2.28. The molecule has 1 N–H and O–H groups in total. The van der Waals surface area contributed by atoms with Gasteiger partial charge in [-0.3, -0.25) is 0 Å². The summed E-state index contributed by atoms with van der Waals surface area (Å²) < 4.78 is 2.23. The van der Waals surface area contributed by atoms with E-state index in [9.17, 15) is 4.79 Å². The maximum absolute atomic E-state index is 12.6. The van der Waals surface area contributed by atoms with Gasteiger partial charge in [0.2, 0.25) is 0 Å². The number of amides is 2. The summed E-state index contributed by atoms with van der Waals surface area (Å²) >= 11 is 0. The molecular weight excluding hydrogens is 338 g/mol. The lowest BCUT2D eigenvalue weighted by atomic mass is 10.0. The molecule has 0 spiro atoms. The number of anilines is 1. The van der Waals surface area contributed by atoms with Gasteiger partial charge in [-0.05, 0) is 56.0 Å². The topological polar surface area (TPSA) is 63.1 Å². The quantitative estimate of drug-likeness (QED) is 0.759. The van der Waals surface area contributed by atoms with E-state index in [1.165, 1.54) is 5.56 Å². The van der Waals surface area contributed by atoms with Crippen LogP contribution in [0.4, 0.5) is 10.5 Å². The lowest BCUT2D eigenvalue weighted by Crippen LogP contribution is -2.41. The molecule has 6 nitrogen and oxygen atoms in total. The third-order valence-electron chi connectivity index (χ3n) is 5.36. The minimum atomic E-state index is -0.0250. The Hall–Kier alpha value is -2.89. The van der Waals surface area contributed by atoms with Crippen molar-refractivity contribution in [2.24, 2.45) is 0 Å². The van der Waals surface area contributed by atoms with Crippen molar-refractivity contribution in [3.05, 3.63) is 54.0 Å². The highest BCUT2D eigenvalue weighted by Gasteiger charge is 2.26. The molecule has 1 aromatic carbocycles. The smallest absolute Gasteiger partial charge is 0.321 e. The number of aromatic nitrogens is 3. The van der Waals surface area contributed by atoms with E-state index < -0.39 is 0 Å². The Balaban J connectivity index is 1.40. The van der Waals surface area contributed by atoms with Gasteiger partial charge >= 0.3 is 6.03 Å². The number of carbonyl (C=O) groups is 1. The van der Waals surface area contributed by atoms with Gasteiger partial charge in [0.15, 0.2) is 5.65 Å². The van der Waals surface area contributed by atoms with Crippen molar-refractivity contribution in [3.63, 3.8) is 0 Å². The Kier molecular flexibility index (Phi) is 4.79. The lowest BCUT2D eigenvalue weighted by molar-refractivity contribution is 0.184. The number of imidazole rings is 1. The van der Waals surface area contributed by atoms with Crippen molar-refractivity contribution < 1.29 is 4.79 Å². The number of benzene rings is 1. The van der Waals surface area contributed by atoms with Crippen LogP contribution in [0.25, 0.3) is 11.2 Å². The Labute approximate surface area is 159 Å². The number of piperidine rings is 1. The molecule has 4 rings (SSSR count). The highest BCUT2D eigenvalue weighted by molar-refractivity contribution is 5.89. The number of likely N-dealkylation sites (tertiary alicyclic amines) is 1. The fourth-order valence-corrected chi connectivity index (χ4v) is 3.83. The summed E-state index contributed by atoms with van der Waals surface area (Å²) in [6.07, 6.45) is 4.63. The molecule has 1 aliphatic rings. The molecule has 0 unspecified atom stereocenters. The molecule has 3 heterocycles. The third kappa shape index (κ3) is 3.52. The fraction of sp³-hybridized carbons (Fsp3) is 0.381. The number of hydrogen-bond donors (Lipinski definition) is 1. The summed E-state index contributed by atoms with van der Waals surface area (Å²) in [6.45, 7) is 5.62. The SMILES string of the molecule is CCc1ccc(NC(=O)N2CCC(n3c(C)nc4cccnc43)CC2)cc1. The first kappa shape index (κ1) is 17.5. The van der Waals surface area contributed by atoms with E-state index >= 15 is 0 Å². The lowest BCUT2D eigenvalue weighted by Gasteiger charge is -2.33. The van der Waals surface area contributed by atoms with E-state index in [4.69, 9.17) is 0 Å².